The fourth-order valence-electron chi connectivity index (χ4n) is 6.97. The average molecular weight is 583 g/mol. The number of hydrogen-bond acceptors (Lipinski definition) is 6. The molecule has 226 valence electrons. The van der Waals surface area contributed by atoms with Gasteiger partial charge in [-0.1, -0.05) is 35.4 Å². The zero-order valence-corrected chi connectivity index (χ0v) is 25.6. The summed E-state index contributed by atoms with van der Waals surface area (Å²) in [5.41, 5.74) is 12.9. The Balaban J connectivity index is 1.34. The van der Waals surface area contributed by atoms with Gasteiger partial charge in [0.25, 0.3) is 0 Å². The van der Waals surface area contributed by atoms with Crippen LogP contribution < -0.4 is 15.4 Å². The van der Waals surface area contributed by atoms with E-state index in [0.29, 0.717) is 12.5 Å². The summed E-state index contributed by atoms with van der Waals surface area (Å²) in [5.74, 6) is 1.81. The van der Waals surface area contributed by atoms with Crippen LogP contribution in [0.3, 0.4) is 0 Å². The highest BCUT2D eigenvalue weighted by Crippen LogP contribution is 2.42. The second kappa shape index (κ2) is 11.9. The zero-order valence-electron chi connectivity index (χ0n) is 25.6. The van der Waals surface area contributed by atoms with Crippen LogP contribution in [-0.2, 0) is 16.1 Å². The van der Waals surface area contributed by atoms with Crippen LogP contribution in [0.2, 0.25) is 0 Å². The van der Waals surface area contributed by atoms with Gasteiger partial charge in [-0.3, -0.25) is 9.69 Å². The van der Waals surface area contributed by atoms with Crippen LogP contribution in [0.5, 0.6) is 5.75 Å². The summed E-state index contributed by atoms with van der Waals surface area (Å²) in [6.07, 6.45) is 3.96. The predicted molar refractivity (Wildman–Crippen MR) is 167 cm³/mol. The molecule has 3 aromatic rings. The molecule has 8 nitrogen and oxygen atoms in total. The first kappa shape index (κ1) is 29.0. The van der Waals surface area contributed by atoms with Crippen LogP contribution >= 0.6 is 0 Å². The van der Waals surface area contributed by atoms with Gasteiger partial charge in [0.1, 0.15) is 17.7 Å². The number of methoxy groups -OCH3 is 1. The van der Waals surface area contributed by atoms with Gasteiger partial charge < -0.3 is 20.1 Å². The van der Waals surface area contributed by atoms with Crippen molar-refractivity contribution in [2.24, 2.45) is 11.7 Å². The Morgan fingerprint density at radius 2 is 1.70 bits per heavy atom. The number of ether oxygens (including phenoxy) is 2. The second-order valence-corrected chi connectivity index (χ2v) is 12.5. The number of rotatable bonds is 8. The van der Waals surface area contributed by atoms with Gasteiger partial charge in [0.15, 0.2) is 0 Å². The smallest absolute Gasteiger partial charge is 0.411 e. The molecule has 1 aromatic heterocycles. The van der Waals surface area contributed by atoms with E-state index in [2.05, 4.69) is 68.1 Å². The Labute approximate surface area is 254 Å². The summed E-state index contributed by atoms with van der Waals surface area (Å²) in [6, 6.07) is 16.7. The van der Waals surface area contributed by atoms with Crippen molar-refractivity contribution >= 4 is 17.8 Å². The first-order valence-electron chi connectivity index (χ1n) is 15.5. The van der Waals surface area contributed by atoms with E-state index in [1.54, 1.807) is 12.0 Å². The van der Waals surface area contributed by atoms with Crippen LogP contribution in [0.15, 0.2) is 48.5 Å². The summed E-state index contributed by atoms with van der Waals surface area (Å²) in [5, 5.41) is 0. The van der Waals surface area contributed by atoms with Crippen molar-refractivity contribution in [1.29, 1.82) is 0 Å². The van der Waals surface area contributed by atoms with E-state index in [1.165, 1.54) is 5.56 Å². The van der Waals surface area contributed by atoms with Crippen molar-refractivity contribution in [2.45, 2.75) is 77.5 Å². The van der Waals surface area contributed by atoms with Gasteiger partial charge in [-0.15, -0.1) is 0 Å². The Bertz CT molecular complexity index is 1510. The number of aryl methyl sites for hydroxylation is 2. The molecule has 43 heavy (non-hydrogen) atoms. The SMILES string of the molecule is COc1ccc([C@H]2CC[C@H](C(N)=O)CC2)cc1-c1ccc(N2CCC2)nc1CN1C(=O)O[C@H](c2cc(C)cc(C)c2)[C@@H]1C. The highest BCUT2D eigenvalue weighted by molar-refractivity contribution is 5.77. The van der Waals surface area contributed by atoms with Crippen molar-refractivity contribution in [1.82, 2.24) is 9.88 Å². The minimum absolute atomic E-state index is 0.0337. The molecule has 3 fully saturated rings. The second-order valence-electron chi connectivity index (χ2n) is 12.5. The Morgan fingerprint density at radius 3 is 2.33 bits per heavy atom. The summed E-state index contributed by atoms with van der Waals surface area (Å²) >= 11 is 0. The number of carbonyl (C=O) groups excluding carboxylic acids is 2. The number of carbonyl (C=O) groups is 2. The number of pyridine rings is 1. The van der Waals surface area contributed by atoms with Crippen LogP contribution in [0.4, 0.5) is 10.6 Å². The predicted octanol–water partition coefficient (Wildman–Crippen LogP) is 6.43. The first-order valence-corrected chi connectivity index (χ1v) is 15.5. The van der Waals surface area contributed by atoms with Crippen molar-refractivity contribution < 1.29 is 19.1 Å². The average Bonchev–Trinajstić information content (AvgIpc) is 3.24. The fourth-order valence-corrected chi connectivity index (χ4v) is 6.97. The van der Waals surface area contributed by atoms with E-state index in [-0.39, 0.29) is 30.1 Å². The molecule has 2 atom stereocenters. The van der Waals surface area contributed by atoms with Gasteiger partial charge in [0.05, 0.1) is 25.4 Å². The van der Waals surface area contributed by atoms with E-state index in [0.717, 1.165) is 90.3 Å². The molecule has 6 rings (SSSR count). The van der Waals surface area contributed by atoms with E-state index in [4.69, 9.17) is 20.2 Å². The maximum Gasteiger partial charge on any atom is 0.411 e. The summed E-state index contributed by atoms with van der Waals surface area (Å²) < 4.78 is 11.8. The topological polar surface area (TPSA) is 98.0 Å². The monoisotopic (exact) mass is 582 g/mol. The molecule has 2 saturated heterocycles. The molecule has 2 N–H and O–H groups in total. The molecule has 0 spiro atoms. The van der Waals surface area contributed by atoms with Gasteiger partial charge >= 0.3 is 6.09 Å². The minimum Gasteiger partial charge on any atom is -0.496 e. The largest absolute Gasteiger partial charge is 0.496 e. The number of cyclic esters (lactones) is 1. The van der Waals surface area contributed by atoms with Crippen LogP contribution in [-0.4, -0.2) is 48.1 Å². The number of amides is 2. The maximum absolute atomic E-state index is 13.3. The Morgan fingerprint density at radius 1 is 0.977 bits per heavy atom. The molecule has 3 aliphatic rings. The first-order chi connectivity index (χ1) is 20.7. The molecule has 8 heteroatoms. The normalized spacial score (nSPS) is 23.6. The lowest BCUT2D eigenvalue weighted by Crippen LogP contribution is -2.38. The van der Waals surface area contributed by atoms with Crippen LogP contribution in [0.1, 0.15) is 79.0 Å². The highest BCUT2D eigenvalue weighted by Gasteiger charge is 2.40. The standard InChI is InChI=1S/C35H42N4O4/c1-21-16-22(2)18-27(17-21)33-23(3)39(35(41)43-33)20-30-28(11-13-32(37-30)38-14-5-15-38)29-19-26(10-12-31(29)42-4)24-6-8-25(9-7-24)34(36)40/h10-13,16-19,23-25,33H,5-9,14-15,20H2,1-4H3,(H2,36,40)/t23-,24-,25-,33-/m0/s1. The number of anilines is 1. The molecule has 2 amide bonds. The van der Waals surface area contributed by atoms with Gasteiger partial charge in [-0.05, 0) is 94.2 Å². The van der Waals surface area contributed by atoms with Gasteiger partial charge in [0, 0.05) is 30.1 Å². The molecule has 0 unspecified atom stereocenters. The zero-order chi connectivity index (χ0) is 30.2. The molecular weight excluding hydrogens is 540 g/mol. The lowest BCUT2D eigenvalue weighted by Gasteiger charge is -2.33. The van der Waals surface area contributed by atoms with Crippen molar-refractivity contribution in [3.05, 3.63) is 76.5 Å². The van der Waals surface area contributed by atoms with E-state index in [9.17, 15) is 9.59 Å². The summed E-state index contributed by atoms with van der Waals surface area (Å²) in [7, 11) is 1.69. The maximum atomic E-state index is 13.3. The highest BCUT2D eigenvalue weighted by atomic mass is 16.6. The lowest BCUT2D eigenvalue weighted by molar-refractivity contribution is -0.122. The van der Waals surface area contributed by atoms with E-state index < -0.39 is 0 Å². The Kier molecular flexibility index (Phi) is 8.03. The van der Waals surface area contributed by atoms with Crippen molar-refractivity contribution in [3.8, 4) is 16.9 Å². The van der Waals surface area contributed by atoms with Gasteiger partial charge in [-0.2, -0.15) is 0 Å². The number of benzene rings is 2. The lowest BCUT2D eigenvalue weighted by atomic mass is 9.78. The summed E-state index contributed by atoms with van der Waals surface area (Å²) in [6.45, 7) is 8.48. The van der Waals surface area contributed by atoms with E-state index >= 15 is 0 Å². The van der Waals surface area contributed by atoms with Crippen molar-refractivity contribution in [2.75, 3.05) is 25.1 Å². The van der Waals surface area contributed by atoms with E-state index in [1.807, 2.05) is 6.07 Å². The molecule has 0 radical (unpaired) electrons. The molecule has 0 bridgehead atoms. The summed E-state index contributed by atoms with van der Waals surface area (Å²) in [4.78, 5) is 34.3. The quantitative estimate of drug-likeness (QED) is 0.329. The third kappa shape index (κ3) is 5.79. The minimum atomic E-state index is -0.346. The molecule has 2 aliphatic heterocycles. The van der Waals surface area contributed by atoms with Gasteiger partial charge in [0.2, 0.25) is 5.91 Å². The Hall–Kier alpha value is -4.07. The number of hydrogen-bond donors (Lipinski definition) is 1. The molecule has 2 aromatic carbocycles. The van der Waals surface area contributed by atoms with Crippen molar-refractivity contribution in [3.63, 3.8) is 0 Å². The van der Waals surface area contributed by atoms with Gasteiger partial charge in [-0.25, -0.2) is 9.78 Å². The number of aromatic nitrogens is 1. The van der Waals surface area contributed by atoms with Crippen LogP contribution in [0.25, 0.3) is 11.1 Å². The molecule has 1 saturated carbocycles. The fraction of sp³-hybridized carbons (Fsp3) is 0.457. The number of nitrogens with zero attached hydrogens (tertiary/aromatic N) is 3. The van der Waals surface area contributed by atoms with Crippen LogP contribution in [0, 0.1) is 19.8 Å². The third-order valence-electron chi connectivity index (χ3n) is 9.54. The third-order valence-corrected chi connectivity index (χ3v) is 9.54. The molecule has 3 heterocycles. The number of primary amides is 1. The molecule has 1 aliphatic carbocycles. The number of nitrogens with two attached hydrogens (primary N) is 1. The molecular formula is C35H42N4O4.